The van der Waals surface area contributed by atoms with E-state index in [1.807, 2.05) is 12.1 Å². The molecule has 1 unspecified atom stereocenters. The highest BCUT2D eigenvalue weighted by atomic mass is 19.1. The number of hydrogen-bond acceptors (Lipinski definition) is 1. The molecule has 0 spiro atoms. The summed E-state index contributed by atoms with van der Waals surface area (Å²) in [6, 6.07) is 15.8. The highest BCUT2D eigenvalue weighted by Crippen LogP contribution is 2.39. The molecule has 1 nitrogen and oxygen atoms in total. The van der Waals surface area contributed by atoms with Gasteiger partial charge in [-0.2, -0.15) is 0 Å². The van der Waals surface area contributed by atoms with Crippen molar-refractivity contribution in [3.05, 3.63) is 71.0 Å². The van der Waals surface area contributed by atoms with Crippen LogP contribution in [0.4, 0.5) is 4.39 Å². The molecular formula is C18H20FN. The van der Waals surface area contributed by atoms with E-state index in [0.717, 1.165) is 18.0 Å². The first-order chi connectivity index (χ1) is 9.72. The van der Waals surface area contributed by atoms with Crippen LogP contribution in [0.1, 0.15) is 48.4 Å². The molecule has 3 rings (SSSR count). The van der Waals surface area contributed by atoms with E-state index in [4.69, 9.17) is 0 Å². The number of nitrogens with one attached hydrogen (secondary N) is 1. The van der Waals surface area contributed by atoms with Crippen LogP contribution >= 0.6 is 0 Å². The summed E-state index contributed by atoms with van der Waals surface area (Å²) in [5.41, 5.74) is 3.88. The Balaban J connectivity index is 1.56. The molecule has 1 aliphatic carbocycles. The van der Waals surface area contributed by atoms with E-state index in [1.165, 1.54) is 36.1 Å². The van der Waals surface area contributed by atoms with Crippen molar-refractivity contribution in [1.82, 2.24) is 5.32 Å². The van der Waals surface area contributed by atoms with Gasteiger partial charge < -0.3 is 5.32 Å². The topological polar surface area (TPSA) is 12.0 Å². The van der Waals surface area contributed by atoms with Crippen molar-refractivity contribution in [2.24, 2.45) is 0 Å². The summed E-state index contributed by atoms with van der Waals surface area (Å²) in [6.07, 6.45) is 2.69. The van der Waals surface area contributed by atoms with Crippen LogP contribution in [0.15, 0.2) is 48.5 Å². The van der Waals surface area contributed by atoms with Gasteiger partial charge in [0.05, 0.1) is 0 Å². The summed E-state index contributed by atoms with van der Waals surface area (Å²) in [4.78, 5) is 0. The maximum absolute atomic E-state index is 12.9. The van der Waals surface area contributed by atoms with Crippen molar-refractivity contribution in [2.75, 3.05) is 0 Å². The molecule has 0 radical (unpaired) electrons. The highest BCUT2D eigenvalue weighted by molar-refractivity contribution is 5.28. The maximum Gasteiger partial charge on any atom is 0.123 e. The zero-order valence-corrected chi connectivity index (χ0v) is 11.8. The van der Waals surface area contributed by atoms with Gasteiger partial charge in [-0.25, -0.2) is 4.39 Å². The Bertz CT molecular complexity index is 555. The van der Waals surface area contributed by atoms with Gasteiger partial charge in [0, 0.05) is 12.6 Å². The number of rotatable bonds is 5. The van der Waals surface area contributed by atoms with Gasteiger partial charge in [0.15, 0.2) is 0 Å². The summed E-state index contributed by atoms with van der Waals surface area (Å²) in [5.74, 6) is 0.631. The van der Waals surface area contributed by atoms with Crippen LogP contribution in [-0.4, -0.2) is 0 Å². The monoisotopic (exact) mass is 269 g/mol. The molecule has 2 aromatic carbocycles. The first-order valence-electron chi connectivity index (χ1n) is 7.30. The van der Waals surface area contributed by atoms with Crippen molar-refractivity contribution in [3.63, 3.8) is 0 Å². The highest BCUT2D eigenvalue weighted by Gasteiger charge is 2.22. The molecule has 0 heterocycles. The van der Waals surface area contributed by atoms with E-state index in [2.05, 4.69) is 36.5 Å². The van der Waals surface area contributed by atoms with Crippen molar-refractivity contribution < 1.29 is 4.39 Å². The van der Waals surface area contributed by atoms with Crippen LogP contribution < -0.4 is 5.32 Å². The molecule has 0 saturated heterocycles. The van der Waals surface area contributed by atoms with E-state index in [-0.39, 0.29) is 11.9 Å². The maximum atomic E-state index is 12.9. The number of halogens is 1. The minimum absolute atomic E-state index is 0.184. The summed E-state index contributed by atoms with van der Waals surface area (Å²) >= 11 is 0. The summed E-state index contributed by atoms with van der Waals surface area (Å²) in [5, 5.41) is 3.48. The lowest BCUT2D eigenvalue weighted by Gasteiger charge is -2.14. The minimum atomic E-state index is -0.184. The van der Waals surface area contributed by atoms with Gasteiger partial charge in [0.1, 0.15) is 5.82 Å². The quantitative estimate of drug-likeness (QED) is 0.839. The van der Waals surface area contributed by atoms with Gasteiger partial charge in [0.2, 0.25) is 0 Å². The van der Waals surface area contributed by atoms with E-state index in [1.54, 1.807) is 0 Å². The van der Waals surface area contributed by atoms with Gasteiger partial charge in [-0.3, -0.25) is 0 Å². The Kier molecular flexibility index (Phi) is 3.83. The smallest absolute Gasteiger partial charge is 0.123 e. The predicted octanol–water partition coefficient (Wildman–Crippen LogP) is 4.55. The first kappa shape index (κ1) is 13.3. The van der Waals surface area contributed by atoms with Crippen molar-refractivity contribution >= 4 is 0 Å². The molecule has 0 amide bonds. The van der Waals surface area contributed by atoms with E-state index in [0.29, 0.717) is 0 Å². The van der Waals surface area contributed by atoms with Crippen LogP contribution in [0, 0.1) is 5.82 Å². The molecular weight excluding hydrogens is 249 g/mol. The standard InChI is InChI=1S/C18H20FN/c1-13(15-8-10-18(19)11-9-15)20-12-14-2-4-16(5-3-14)17-6-7-17/h2-5,8-11,13,17,20H,6-7,12H2,1H3. The third kappa shape index (κ3) is 3.26. The summed E-state index contributed by atoms with van der Waals surface area (Å²) in [6.45, 7) is 2.94. The average molecular weight is 269 g/mol. The SMILES string of the molecule is CC(NCc1ccc(C2CC2)cc1)c1ccc(F)cc1. The molecule has 2 aromatic rings. The Morgan fingerprint density at radius 1 is 1.05 bits per heavy atom. The number of hydrogen-bond donors (Lipinski definition) is 1. The van der Waals surface area contributed by atoms with Gasteiger partial charge in [-0.15, -0.1) is 0 Å². The van der Waals surface area contributed by atoms with Crippen LogP contribution in [0.25, 0.3) is 0 Å². The molecule has 104 valence electrons. The molecule has 0 bridgehead atoms. The third-order valence-electron chi connectivity index (χ3n) is 4.01. The fourth-order valence-corrected chi connectivity index (χ4v) is 2.46. The molecule has 1 N–H and O–H groups in total. The molecule has 1 saturated carbocycles. The van der Waals surface area contributed by atoms with Gasteiger partial charge in [-0.05, 0) is 54.5 Å². The zero-order chi connectivity index (χ0) is 13.9. The second-order valence-electron chi connectivity index (χ2n) is 5.67. The Labute approximate surface area is 119 Å². The first-order valence-corrected chi connectivity index (χ1v) is 7.30. The van der Waals surface area contributed by atoms with Crippen LogP contribution in [0.5, 0.6) is 0 Å². The molecule has 1 atom stereocenters. The van der Waals surface area contributed by atoms with Crippen LogP contribution in [0.2, 0.25) is 0 Å². The normalized spacial score (nSPS) is 16.1. The van der Waals surface area contributed by atoms with Gasteiger partial charge in [0.25, 0.3) is 0 Å². The average Bonchev–Trinajstić information content (AvgIpc) is 3.31. The summed E-state index contributed by atoms with van der Waals surface area (Å²) < 4.78 is 12.9. The van der Waals surface area contributed by atoms with E-state index >= 15 is 0 Å². The van der Waals surface area contributed by atoms with Crippen molar-refractivity contribution in [1.29, 1.82) is 0 Å². The van der Waals surface area contributed by atoms with E-state index < -0.39 is 0 Å². The molecule has 20 heavy (non-hydrogen) atoms. The molecule has 0 aliphatic heterocycles. The summed E-state index contributed by atoms with van der Waals surface area (Å²) in [7, 11) is 0. The third-order valence-corrected chi connectivity index (χ3v) is 4.01. The molecule has 1 fully saturated rings. The number of benzene rings is 2. The molecule has 1 aliphatic rings. The van der Waals surface area contributed by atoms with Crippen LogP contribution in [0.3, 0.4) is 0 Å². The lowest BCUT2D eigenvalue weighted by atomic mass is 10.1. The fraction of sp³-hybridized carbons (Fsp3) is 0.333. The second-order valence-corrected chi connectivity index (χ2v) is 5.67. The Morgan fingerprint density at radius 3 is 2.30 bits per heavy atom. The largest absolute Gasteiger partial charge is 0.306 e. The van der Waals surface area contributed by atoms with Crippen molar-refractivity contribution in [3.8, 4) is 0 Å². The fourth-order valence-electron chi connectivity index (χ4n) is 2.46. The molecule has 2 heteroatoms. The Hall–Kier alpha value is -1.67. The zero-order valence-electron chi connectivity index (χ0n) is 11.8. The van der Waals surface area contributed by atoms with Gasteiger partial charge in [-0.1, -0.05) is 36.4 Å². The van der Waals surface area contributed by atoms with Gasteiger partial charge >= 0.3 is 0 Å². The minimum Gasteiger partial charge on any atom is -0.306 e. The molecule has 0 aromatic heterocycles. The van der Waals surface area contributed by atoms with E-state index in [9.17, 15) is 4.39 Å². The second kappa shape index (κ2) is 5.76. The Morgan fingerprint density at radius 2 is 1.70 bits per heavy atom. The lowest BCUT2D eigenvalue weighted by Crippen LogP contribution is -2.18. The lowest BCUT2D eigenvalue weighted by molar-refractivity contribution is 0.571. The predicted molar refractivity (Wildman–Crippen MR) is 80.1 cm³/mol. The van der Waals surface area contributed by atoms with Crippen LogP contribution in [-0.2, 0) is 6.54 Å². The van der Waals surface area contributed by atoms with Crippen molar-refractivity contribution in [2.45, 2.75) is 38.3 Å².